The minimum Gasteiger partial charge on any atom is -0.357 e. The van der Waals surface area contributed by atoms with Gasteiger partial charge < -0.3 is 5.32 Å². The Morgan fingerprint density at radius 1 is 1.11 bits per heavy atom. The molecule has 0 aliphatic heterocycles. The second-order valence-electron chi connectivity index (χ2n) is 4.04. The molecule has 0 bridgehead atoms. The Morgan fingerprint density at radius 2 is 1.94 bits per heavy atom. The van der Waals surface area contributed by atoms with Gasteiger partial charge in [-0.25, -0.2) is 0 Å². The van der Waals surface area contributed by atoms with Gasteiger partial charge in [-0.15, -0.1) is 10.2 Å². The summed E-state index contributed by atoms with van der Waals surface area (Å²) in [5, 5.41) is 13.5. The average molecular weight is 239 g/mol. The van der Waals surface area contributed by atoms with Crippen LogP contribution in [-0.4, -0.2) is 26.8 Å². The molecule has 0 atom stereocenters. The highest BCUT2D eigenvalue weighted by atomic mass is 15.3. The Kier molecular flexibility index (Phi) is 2.44. The summed E-state index contributed by atoms with van der Waals surface area (Å²) in [5.41, 5.74) is 0.851. The van der Waals surface area contributed by atoms with Gasteiger partial charge in [0.1, 0.15) is 5.69 Å². The van der Waals surface area contributed by atoms with E-state index in [1.54, 1.807) is 6.20 Å². The van der Waals surface area contributed by atoms with E-state index in [4.69, 9.17) is 0 Å². The Morgan fingerprint density at radius 3 is 2.72 bits per heavy atom. The zero-order chi connectivity index (χ0) is 12.5. The molecule has 0 saturated heterocycles. The predicted molar refractivity (Wildman–Crippen MR) is 71.3 cm³/mol. The first kappa shape index (κ1) is 10.7. The summed E-state index contributed by atoms with van der Waals surface area (Å²) in [7, 11) is 3.74. The van der Waals surface area contributed by atoms with Crippen molar-refractivity contribution in [2.75, 3.05) is 12.4 Å². The first-order valence-electron chi connectivity index (χ1n) is 5.72. The lowest BCUT2D eigenvalue weighted by molar-refractivity contribution is 0.921. The van der Waals surface area contributed by atoms with Gasteiger partial charge in [-0.2, -0.15) is 0 Å². The van der Waals surface area contributed by atoms with Gasteiger partial charge in [0.15, 0.2) is 5.82 Å². The lowest BCUT2D eigenvalue weighted by Gasteiger charge is -2.05. The van der Waals surface area contributed by atoms with Gasteiger partial charge in [0.25, 0.3) is 0 Å². The van der Waals surface area contributed by atoms with Crippen molar-refractivity contribution in [3.8, 4) is 11.5 Å². The lowest BCUT2D eigenvalue weighted by Crippen LogP contribution is -2.00. The summed E-state index contributed by atoms with van der Waals surface area (Å²) in [4.78, 5) is 4.43. The molecule has 1 aromatic carbocycles. The first-order valence-corrected chi connectivity index (χ1v) is 5.72. The Labute approximate surface area is 104 Å². The van der Waals surface area contributed by atoms with Gasteiger partial charge in [0.2, 0.25) is 5.95 Å². The number of anilines is 1. The fourth-order valence-corrected chi connectivity index (χ4v) is 2.05. The molecule has 0 amide bonds. The monoisotopic (exact) mass is 239 g/mol. The van der Waals surface area contributed by atoms with Gasteiger partial charge in [0.05, 0.1) is 0 Å². The van der Waals surface area contributed by atoms with Gasteiger partial charge in [-0.1, -0.05) is 24.3 Å². The SMILES string of the molecule is CNc1nnc(-c2nccc3ccccc23)n1C. The van der Waals surface area contributed by atoms with Crippen LogP contribution < -0.4 is 5.32 Å². The Balaban J connectivity index is 2.28. The normalized spacial score (nSPS) is 10.8. The second kappa shape index (κ2) is 4.10. The third-order valence-corrected chi connectivity index (χ3v) is 2.98. The van der Waals surface area contributed by atoms with Crippen molar-refractivity contribution in [2.24, 2.45) is 7.05 Å². The topological polar surface area (TPSA) is 55.6 Å². The fourth-order valence-electron chi connectivity index (χ4n) is 2.05. The number of benzene rings is 1. The van der Waals surface area contributed by atoms with E-state index in [1.807, 2.05) is 42.9 Å². The van der Waals surface area contributed by atoms with Crippen LogP contribution in [0, 0.1) is 0 Å². The van der Waals surface area contributed by atoms with E-state index in [0.717, 1.165) is 28.2 Å². The van der Waals surface area contributed by atoms with Crippen LogP contribution in [0.2, 0.25) is 0 Å². The number of fused-ring (bicyclic) bond motifs is 1. The minimum atomic E-state index is 0.722. The van der Waals surface area contributed by atoms with Crippen LogP contribution in [0.25, 0.3) is 22.3 Å². The maximum atomic E-state index is 4.43. The summed E-state index contributed by atoms with van der Waals surface area (Å²) in [6.07, 6.45) is 1.80. The second-order valence-corrected chi connectivity index (χ2v) is 4.04. The summed E-state index contributed by atoms with van der Waals surface area (Å²) in [5.74, 6) is 1.48. The van der Waals surface area contributed by atoms with Crippen LogP contribution in [-0.2, 0) is 7.05 Å². The number of rotatable bonds is 2. The largest absolute Gasteiger partial charge is 0.357 e. The van der Waals surface area contributed by atoms with Crippen LogP contribution in [0.15, 0.2) is 36.5 Å². The summed E-state index contributed by atoms with van der Waals surface area (Å²) >= 11 is 0. The van der Waals surface area contributed by atoms with Crippen molar-refractivity contribution in [1.29, 1.82) is 0 Å². The number of aromatic nitrogens is 4. The van der Waals surface area contributed by atoms with E-state index >= 15 is 0 Å². The van der Waals surface area contributed by atoms with Gasteiger partial charge in [-0.05, 0) is 11.5 Å². The lowest BCUT2D eigenvalue weighted by atomic mass is 10.1. The van der Waals surface area contributed by atoms with E-state index in [9.17, 15) is 0 Å². The standard InChI is InChI=1S/C13H13N5/c1-14-13-17-16-12(18(13)2)11-10-6-4-3-5-9(10)7-8-15-11/h3-8H,1-2H3,(H,14,17). The van der Waals surface area contributed by atoms with Gasteiger partial charge in [-0.3, -0.25) is 9.55 Å². The van der Waals surface area contributed by atoms with E-state index in [0.29, 0.717) is 0 Å². The van der Waals surface area contributed by atoms with Crippen LogP contribution >= 0.6 is 0 Å². The number of nitrogens with zero attached hydrogens (tertiary/aromatic N) is 4. The predicted octanol–water partition coefficient (Wildman–Crippen LogP) is 2.07. The smallest absolute Gasteiger partial charge is 0.224 e. The number of hydrogen-bond donors (Lipinski definition) is 1. The third kappa shape index (κ3) is 1.52. The van der Waals surface area contributed by atoms with Gasteiger partial charge in [0, 0.05) is 25.7 Å². The molecule has 0 aliphatic rings. The molecule has 0 spiro atoms. The highest BCUT2D eigenvalue weighted by Crippen LogP contribution is 2.25. The van der Waals surface area contributed by atoms with E-state index in [2.05, 4.69) is 26.6 Å². The molecule has 90 valence electrons. The molecule has 0 aliphatic carbocycles. The number of nitrogens with one attached hydrogen (secondary N) is 1. The molecule has 0 radical (unpaired) electrons. The zero-order valence-corrected chi connectivity index (χ0v) is 10.3. The highest BCUT2D eigenvalue weighted by molar-refractivity contribution is 5.93. The Hall–Kier alpha value is -2.43. The maximum absolute atomic E-state index is 4.43. The average Bonchev–Trinajstić information content (AvgIpc) is 2.79. The quantitative estimate of drug-likeness (QED) is 0.743. The molecular weight excluding hydrogens is 226 g/mol. The molecule has 0 fully saturated rings. The summed E-state index contributed by atoms with van der Waals surface area (Å²) in [6.45, 7) is 0. The molecule has 18 heavy (non-hydrogen) atoms. The summed E-state index contributed by atoms with van der Waals surface area (Å²) < 4.78 is 1.90. The molecule has 5 heteroatoms. The first-order chi connectivity index (χ1) is 8.81. The van der Waals surface area contributed by atoms with Crippen molar-refractivity contribution in [1.82, 2.24) is 19.7 Å². The zero-order valence-electron chi connectivity index (χ0n) is 10.3. The molecule has 3 aromatic rings. The van der Waals surface area contributed by atoms with Crippen molar-refractivity contribution in [3.63, 3.8) is 0 Å². The highest BCUT2D eigenvalue weighted by Gasteiger charge is 2.13. The minimum absolute atomic E-state index is 0.722. The molecular formula is C13H13N5. The molecule has 3 rings (SSSR count). The molecule has 2 heterocycles. The number of pyridine rings is 1. The molecule has 2 aromatic heterocycles. The number of hydrogen-bond acceptors (Lipinski definition) is 4. The van der Waals surface area contributed by atoms with Crippen LogP contribution in [0.5, 0.6) is 0 Å². The molecule has 0 saturated carbocycles. The van der Waals surface area contributed by atoms with Crippen LogP contribution in [0.1, 0.15) is 0 Å². The van der Waals surface area contributed by atoms with Gasteiger partial charge >= 0.3 is 0 Å². The van der Waals surface area contributed by atoms with Crippen molar-refractivity contribution in [3.05, 3.63) is 36.5 Å². The van der Waals surface area contributed by atoms with Crippen molar-refractivity contribution in [2.45, 2.75) is 0 Å². The van der Waals surface area contributed by atoms with E-state index in [-0.39, 0.29) is 0 Å². The van der Waals surface area contributed by atoms with E-state index < -0.39 is 0 Å². The third-order valence-electron chi connectivity index (χ3n) is 2.98. The van der Waals surface area contributed by atoms with Crippen LogP contribution in [0.4, 0.5) is 5.95 Å². The fraction of sp³-hybridized carbons (Fsp3) is 0.154. The maximum Gasteiger partial charge on any atom is 0.224 e. The molecule has 1 N–H and O–H groups in total. The van der Waals surface area contributed by atoms with E-state index in [1.165, 1.54) is 0 Å². The molecule has 5 nitrogen and oxygen atoms in total. The molecule has 0 unspecified atom stereocenters. The van der Waals surface area contributed by atoms with Crippen molar-refractivity contribution >= 4 is 16.7 Å². The Bertz CT molecular complexity index is 696. The van der Waals surface area contributed by atoms with Crippen molar-refractivity contribution < 1.29 is 0 Å². The summed E-state index contributed by atoms with van der Waals surface area (Å²) in [6, 6.07) is 10.1. The van der Waals surface area contributed by atoms with Crippen LogP contribution in [0.3, 0.4) is 0 Å².